The van der Waals surface area contributed by atoms with Crippen molar-refractivity contribution in [2.24, 2.45) is 5.16 Å². The molecule has 110 valence electrons. The van der Waals surface area contributed by atoms with Crippen LogP contribution in [0.3, 0.4) is 0 Å². The molecule has 6 heteroatoms. The number of rotatable bonds is 5. The van der Waals surface area contributed by atoms with Crippen LogP contribution in [0.15, 0.2) is 50.5 Å². The van der Waals surface area contributed by atoms with Gasteiger partial charge in [0.2, 0.25) is 0 Å². The lowest BCUT2D eigenvalue weighted by atomic mass is 10.2. The van der Waals surface area contributed by atoms with Crippen molar-refractivity contribution in [3.05, 3.63) is 56.5 Å². The SMILES string of the molecule is COc1cc(C=NO)c(Br)cc1OCc1ccc(Br)cc1. The van der Waals surface area contributed by atoms with Crippen molar-refractivity contribution >= 4 is 38.1 Å². The molecule has 0 bridgehead atoms. The van der Waals surface area contributed by atoms with E-state index >= 15 is 0 Å². The molecule has 0 amide bonds. The predicted octanol–water partition coefficient (Wildman–Crippen LogP) is 4.61. The Morgan fingerprint density at radius 2 is 1.86 bits per heavy atom. The first-order valence-electron chi connectivity index (χ1n) is 6.06. The van der Waals surface area contributed by atoms with Crippen molar-refractivity contribution in [2.75, 3.05) is 7.11 Å². The van der Waals surface area contributed by atoms with Crippen LogP contribution in [0.2, 0.25) is 0 Å². The summed E-state index contributed by atoms with van der Waals surface area (Å²) in [6.07, 6.45) is 1.32. The molecular weight excluding hydrogens is 402 g/mol. The minimum Gasteiger partial charge on any atom is -0.493 e. The number of halogens is 2. The van der Waals surface area contributed by atoms with E-state index in [4.69, 9.17) is 14.7 Å². The Balaban J connectivity index is 2.19. The highest BCUT2D eigenvalue weighted by Crippen LogP contribution is 2.33. The van der Waals surface area contributed by atoms with Crippen LogP contribution in [0.25, 0.3) is 0 Å². The number of hydrogen-bond donors (Lipinski definition) is 1. The summed E-state index contributed by atoms with van der Waals surface area (Å²) >= 11 is 6.80. The topological polar surface area (TPSA) is 51.0 Å². The summed E-state index contributed by atoms with van der Waals surface area (Å²) in [5, 5.41) is 11.6. The van der Waals surface area contributed by atoms with Crippen molar-refractivity contribution in [3.63, 3.8) is 0 Å². The van der Waals surface area contributed by atoms with Crippen LogP contribution in [0.5, 0.6) is 11.5 Å². The fourth-order valence-corrected chi connectivity index (χ4v) is 2.42. The van der Waals surface area contributed by atoms with Crippen molar-refractivity contribution in [1.82, 2.24) is 0 Å². The fourth-order valence-electron chi connectivity index (χ4n) is 1.73. The largest absolute Gasteiger partial charge is 0.493 e. The van der Waals surface area contributed by atoms with E-state index in [0.29, 0.717) is 23.7 Å². The van der Waals surface area contributed by atoms with Crippen LogP contribution in [-0.2, 0) is 6.61 Å². The zero-order chi connectivity index (χ0) is 15.2. The number of nitrogens with zero attached hydrogens (tertiary/aromatic N) is 1. The maximum atomic E-state index is 8.62. The summed E-state index contributed by atoms with van der Waals surface area (Å²) in [5.74, 6) is 1.19. The van der Waals surface area contributed by atoms with Gasteiger partial charge in [0.05, 0.1) is 13.3 Å². The third-order valence-corrected chi connectivity index (χ3v) is 4.00. The molecule has 0 heterocycles. The normalized spacial score (nSPS) is 10.8. The highest BCUT2D eigenvalue weighted by Gasteiger charge is 2.09. The third-order valence-electron chi connectivity index (χ3n) is 2.79. The van der Waals surface area contributed by atoms with E-state index in [1.807, 2.05) is 24.3 Å². The van der Waals surface area contributed by atoms with E-state index in [-0.39, 0.29) is 0 Å². The zero-order valence-corrected chi connectivity index (χ0v) is 14.4. The first kappa shape index (κ1) is 15.9. The maximum absolute atomic E-state index is 8.62. The first-order valence-corrected chi connectivity index (χ1v) is 7.65. The quantitative estimate of drug-likeness (QED) is 0.441. The molecule has 0 saturated heterocycles. The van der Waals surface area contributed by atoms with Gasteiger partial charge in [0, 0.05) is 14.5 Å². The minimum absolute atomic E-state index is 0.434. The van der Waals surface area contributed by atoms with Crippen LogP contribution >= 0.6 is 31.9 Å². The monoisotopic (exact) mass is 413 g/mol. The van der Waals surface area contributed by atoms with Gasteiger partial charge in [0.15, 0.2) is 11.5 Å². The third kappa shape index (κ3) is 4.22. The van der Waals surface area contributed by atoms with Crippen molar-refractivity contribution < 1.29 is 14.7 Å². The Bertz CT molecular complexity index is 642. The lowest BCUT2D eigenvalue weighted by Gasteiger charge is -2.12. The predicted molar refractivity (Wildman–Crippen MR) is 88.5 cm³/mol. The van der Waals surface area contributed by atoms with Crippen LogP contribution < -0.4 is 9.47 Å². The van der Waals surface area contributed by atoms with Gasteiger partial charge in [-0.2, -0.15) is 0 Å². The van der Waals surface area contributed by atoms with Gasteiger partial charge in [-0.15, -0.1) is 0 Å². The average molecular weight is 415 g/mol. The van der Waals surface area contributed by atoms with Crippen molar-refractivity contribution in [3.8, 4) is 11.5 Å². The van der Waals surface area contributed by atoms with Gasteiger partial charge in [-0.05, 0) is 45.8 Å². The number of hydrogen-bond acceptors (Lipinski definition) is 4. The van der Waals surface area contributed by atoms with E-state index in [1.165, 1.54) is 6.21 Å². The molecule has 0 atom stereocenters. The second kappa shape index (κ2) is 7.47. The van der Waals surface area contributed by atoms with E-state index < -0.39 is 0 Å². The second-order valence-electron chi connectivity index (χ2n) is 4.18. The van der Waals surface area contributed by atoms with Gasteiger partial charge in [0.1, 0.15) is 6.61 Å². The van der Waals surface area contributed by atoms with Gasteiger partial charge < -0.3 is 14.7 Å². The lowest BCUT2D eigenvalue weighted by molar-refractivity contribution is 0.284. The maximum Gasteiger partial charge on any atom is 0.162 e. The molecule has 0 unspecified atom stereocenters. The van der Waals surface area contributed by atoms with Crippen molar-refractivity contribution in [2.45, 2.75) is 6.61 Å². The van der Waals surface area contributed by atoms with Gasteiger partial charge in [-0.1, -0.05) is 33.2 Å². The summed E-state index contributed by atoms with van der Waals surface area (Å²) in [6, 6.07) is 11.4. The van der Waals surface area contributed by atoms with Crippen molar-refractivity contribution in [1.29, 1.82) is 0 Å². The first-order chi connectivity index (χ1) is 10.1. The molecule has 0 fully saturated rings. The molecule has 0 aliphatic heterocycles. The fraction of sp³-hybridized carbons (Fsp3) is 0.133. The molecule has 0 aliphatic rings. The van der Waals surface area contributed by atoms with Crippen LogP contribution in [0.4, 0.5) is 0 Å². The molecule has 4 nitrogen and oxygen atoms in total. The van der Waals surface area contributed by atoms with E-state index in [1.54, 1.807) is 19.2 Å². The zero-order valence-electron chi connectivity index (χ0n) is 11.2. The number of ether oxygens (including phenoxy) is 2. The van der Waals surface area contributed by atoms with Gasteiger partial charge in [0.25, 0.3) is 0 Å². The van der Waals surface area contributed by atoms with E-state index in [2.05, 4.69) is 37.0 Å². The van der Waals surface area contributed by atoms with Crippen LogP contribution in [-0.4, -0.2) is 18.5 Å². The highest BCUT2D eigenvalue weighted by molar-refractivity contribution is 9.10. The molecule has 0 saturated carbocycles. The number of methoxy groups -OCH3 is 1. The Labute approximate surface area is 139 Å². The molecule has 0 radical (unpaired) electrons. The van der Waals surface area contributed by atoms with Gasteiger partial charge >= 0.3 is 0 Å². The molecule has 2 rings (SSSR count). The molecule has 0 aliphatic carbocycles. The molecule has 2 aromatic rings. The smallest absolute Gasteiger partial charge is 0.162 e. The minimum atomic E-state index is 0.434. The molecule has 21 heavy (non-hydrogen) atoms. The van der Waals surface area contributed by atoms with Crippen LogP contribution in [0, 0.1) is 0 Å². The van der Waals surface area contributed by atoms with E-state index in [9.17, 15) is 0 Å². The Hall–Kier alpha value is -1.53. The summed E-state index contributed by atoms with van der Waals surface area (Å²) in [6.45, 7) is 0.434. The molecule has 0 spiro atoms. The second-order valence-corrected chi connectivity index (χ2v) is 5.95. The lowest BCUT2D eigenvalue weighted by Crippen LogP contribution is -1.99. The molecule has 2 aromatic carbocycles. The summed E-state index contributed by atoms with van der Waals surface area (Å²) in [7, 11) is 1.57. The average Bonchev–Trinajstić information content (AvgIpc) is 2.49. The van der Waals surface area contributed by atoms with Crippen LogP contribution in [0.1, 0.15) is 11.1 Å². The standard InChI is InChI=1S/C15H13Br2NO3/c1-20-14-6-11(8-18-19)13(17)7-15(14)21-9-10-2-4-12(16)5-3-10/h2-8,19H,9H2,1H3. The summed E-state index contributed by atoms with van der Waals surface area (Å²) in [4.78, 5) is 0. The molecule has 1 N–H and O–H groups in total. The Morgan fingerprint density at radius 3 is 2.48 bits per heavy atom. The van der Waals surface area contributed by atoms with Gasteiger partial charge in [-0.3, -0.25) is 0 Å². The Morgan fingerprint density at radius 1 is 1.14 bits per heavy atom. The van der Waals surface area contributed by atoms with Gasteiger partial charge in [-0.25, -0.2) is 0 Å². The molecule has 0 aromatic heterocycles. The Kier molecular flexibility index (Phi) is 5.64. The number of oxime groups is 1. The molecular formula is C15H13Br2NO3. The summed E-state index contributed by atoms with van der Waals surface area (Å²) in [5.41, 5.74) is 1.75. The van der Waals surface area contributed by atoms with E-state index in [0.717, 1.165) is 14.5 Å². The summed E-state index contributed by atoms with van der Waals surface area (Å²) < 4.78 is 12.9. The highest BCUT2D eigenvalue weighted by atomic mass is 79.9. The number of benzene rings is 2.